The van der Waals surface area contributed by atoms with Crippen LogP contribution >= 0.6 is 0 Å². The Morgan fingerprint density at radius 2 is 2.21 bits per heavy atom. The van der Waals surface area contributed by atoms with Crippen LogP contribution in [0.15, 0.2) is 0 Å². The van der Waals surface area contributed by atoms with Crippen molar-refractivity contribution in [2.45, 2.75) is 24.9 Å². The van der Waals surface area contributed by atoms with Crippen LogP contribution in [-0.4, -0.2) is 59.9 Å². The Morgan fingerprint density at radius 3 is 2.68 bits per heavy atom. The molecule has 1 aliphatic heterocycles. The first-order chi connectivity index (χ1) is 8.82. The molecule has 0 bridgehead atoms. The molecule has 0 spiro atoms. The van der Waals surface area contributed by atoms with Gasteiger partial charge in [-0.2, -0.15) is 0 Å². The van der Waals surface area contributed by atoms with Crippen LogP contribution < -0.4 is 22.6 Å². The number of hydrogen-bond donors (Lipinski definition) is 5. The summed E-state index contributed by atoms with van der Waals surface area (Å²) < 4.78 is 0. The molecule has 0 unspecified atom stereocenters. The summed E-state index contributed by atoms with van der Waals surface area (Å²) in [7, 11) is 1.77. The zero-order valence-corrected chi connectivity index (χ0v) is 10.9. The number of piperazine rings is 1. The van der Waals surface area contributed by atoms with Gasteiger partial charge in [-0.15, -0.1) is 0 Å². The van der Waals surface area contributed by atoms with Crippen molar-refractivity contribution in [3.05, 3.63) is 0 Å². The number of guanidine groups is 1. The maximum absolute atomic E-state index is 11.9. The van der Waals surface area contributed by atoms with E-state index in [0.717, 1.165) is 5.01 Å². The molecule has 1 saturated heterocycles. The van der Waals surface area contributed by atoms with Gasteiger partial charge in [-0.1, -0.05) is 0 Å². The predicted molar refractivity (Wildman–Crippen MR) is 69.6 cm³/mol. The van der Waals surface area contributed by atoms with Crippen LogP contribution in [-0.2, 0) is 9.59 Å². The molecule has 8 N–H and O–H groups in total. The van der Waals surface area contributed by atoms with Crippen LogP contribution in [0.5, 0.6) is 0 Å². The number of nitrogens with one attached hydrogen (secondary N) is 2. The standard InChI is InChI=1S/C10H21N7O2/c1-16-5-6(8(11)18)15-9(19)7(16)3-2-4-17(14)10(12)13/h6-7H,2-5,14H2,1H3,(H2,11,18)(H3,12,13)(H,15,19)/t6-,7-/m0/s1. The Labute approximate surface area is 111 Å². The van der Waals surface area contributed by atoms with Crippen molar-refractivity contribution in [3.8, 4) is 0 Å². The Hall–Kier alpha value is -1.87. The number of hydrazine groups is 1. The summed E-state index contributed by atoms with van der Waals surface area (Å²) in [5.74, 6) is 4.50. The van der Waals surface area contributed by atoms with Gasteiger partial charge < -0.3 is 16.8 Å². The Kier molecular flexibility index (Phi) is 5.07. The van der Waals surface area contributed by atoms with Crippen LogP contribution in [0.2, 0.25) is 0 Å². The average molecular weight is 271 g/mol. The van der Waals surface area contributed by atoms with E-state index >= 15 is 0 Å². The zero-order valence-electron chi connectivity index (χ0n) is 10.9. The molecule has 0 aromatic rings. The number of carbonyl (C=O) groups is 2. The van der Waals surface area contributed by atoms with E-state index in [1.165, 1.54) is 0 Å². The number of hydrogen-bond acceptors (Lipinski definition) is 5. The van der Waals surface area contributed by atoms with Gasteiger partial charge in [-0.05, 0) is 19.9 Å². The SMILES string of the molecule is CN1C[C@@H](C(N)=O)NC(=O)[C@@H]1CCCN(N)C(=N)N. The quantitative estimate of drug-likeness (QED) is 0.156. The van der Waals surface area contributed by atoms with Gasteiger partial charge in [-0.3, -0.25) is 24.9 Å². The fourth-order valence-electron chi connectivity index (χ4n) is 2.02. The third kappa shape index (κ3) is 4.07. The van der Waals surface area contributed by atoms with E-state index in [2.05, 4.69) is 5.32 Å². The van der Waals surface area contributed by atoms with E-state index in [1.54, 1.807) is 11.9 Å². The van der Waals surface area contributed by atoms with Crippen molar-refractivity contribution in [3.63, 3.8) is 0 Å². The molecular weight excluding hydrogens is 250 g/mol. The topological polar surface area (TPSA) is 155 Å². The van der Waals surface area contributed by atoms with Crippen molar-refractivity contribution < 1.29 is 9.59 Å². The Bertz CT molecular complexity index is 373. The highest BCUT2D eigenvalue weighted by atomic mass is 16.2. The van der Waals surface area contributed by atoms with E-state index in [0.29, 0.717) is 25.9 Å². The van der Waals surface area contributed by atoms with Gasteiger partial charge in [0.25, 0.3) is 0 Å². The molecule has 108 valence electrons. The van der Waals surface area contributed by atoms with Gasteiger partial charge in [0.05, 0.1) is 6.04 Å². The Balaban J connectivity index is 2.44. The second kappa shape index (κ2) is 6.34. The predicted octanol–water partition coefficient (Wildman–Crippen LogP) is -2.88. The monoisotopic (exact) mass is 271 g/mol. The van der Waals surface area contributed by atoms with E-state index in [9.17, 15) is 9.59 Å². The van der Waals surface area contributed by atoms with Gasteiger partial charge in [0.2, 0.25) is 17.8 Å². The summed E-state index contributed by atoms with van der Waals surface area (Å²) in [6, 6.07) is -0.965. The van der Waals surface area contributed by atoms with Gasteiger partial charge in [0.1, 0.15) is 6.04 Å². The first-order valence-electron chi connectivity index (χ1n) is 5.99. The van der Waals surface area contributed by atoms with Gasteiger partial charge in [0.15, 0.2) is 0 Å². The van der Waals surface area contributed by atoms with Crippen molar-refractivity contribution in [2.24, 2.45) is 17.3 Å². The summed E-state index contributed by atoms with van der Waals surface area (Å²) >= 11 is 0. The van der Waals surface area contributed by atoms with Gasteiger partial charge in [-0.25, -0.2) is 5.84 Å². The molecule has 0 aliphatic carbocycles. The number of nitrogens with zero attached hydrogens (tertiary/aromatic N) is 2. The van der Waals surface area contributed by atoms with Crippen LogP contribution in [0.4, 0.5) is 0 Å². The lowest BCUT2D eigenvalue weighted by molar-refractivity contribution is -0.135. The second-order valence-corrected chi connectivity index (χ2v) is 4.64. The van der Waals surface area contributed by atoms with E-state index in [1.807, 2.05) is 0 Å². The van der Waals surface area contributed by atoms with Gasteiger partial charge >= 0.3 is 0 Å². The number of likely N-dealkylation sites (N-methyl/N-ethyl adjacent to an activating group) is 1. The molecule has 1 fully saturated rings. The maximum atomic E-state index is 11.9. The molecule has 9 heteroatoms. The number of amides is 2. The number of nitrogens with two attached hydrogens (primary N) is 3. The maximum Gasteiger partial charge on any atom is 0.241 e. The van der Waals surface area contributed by atoms with Crippen molar-refractivity contribution in [1.29, 1.82) is 5.41 Å². The second-order valence-electron chi connectivity index (χ2n) is 4.64. The van der Waals surface area contributed by atoms with Crippen molar-refractivity contribution in [1.82, 2.24) is 15.2 Å². The van der Waals surface area contributed by atoms with Crippen molar-refractivity contribution in [2.75, 3.05) is 20.1 Å². The molecule has 0 aromatic heterocycles. The van der Waals surface area contributed by atoms with E-state index in [4.69, 9.17) is 22.7 Å². The van der Waals surface area contributed by atoms with Crippen LogP contribution in [0, 0.1) is 5.41 Å². The molecule has 1 heterocycles. The lowest BCUT2D eigenvalue weighted by atomic mass is 10.0. The smallest absolute Gasteiger partial charge is 0.241 e. The lowest BCUT2D eigenvalue weighted by Gasteiger charge is -2.35. The average Bonchev–Trinajstić information content (AvgIpc) is 2.31. The first-order valence-corrected chi connectivity index (χ1v) is 5.99. The number of primary amides is 1. The summed E-state index contributed by atoms with van der Waals surface area (Å²) in [6.45, 7) is 0.789. The lowest BCUT2D eigenvalue weighted by Crippen LogP contribution is -2.62. The van der Waals surface area contributed by atoms with Crippen LogP contribution in [0.3, 0.4) is 0 Å². The highest BCUT2D eigenvalue weighted by Crippen LogP contribution is 2.11. The minimum Gasteiger partial charge on any atom is -0.369 e. The highest BCUT2D eigenvalue weighted by Gasteiger charge is 2.34. The van der Waals surface area contributed by atoms with Gasteiger partial charge in [0, 0.05) is 13.1 Å². The fourth-order valence-corrected chi connectivity index (χ4v) is 2.02. The van der Waals surface area contributed by atoms with Crippen LogP contribution in [0.1, 0.15) is 12.8 Å². The molecular formula is C10H21N7O2. The summed E-state index contributed by atoms with van der Waals surface area (Å²) in [4.78, 5) is 24.7. The van der Waals surface area contributed by atoms with E-state index in [-0.39, 0.29) is 17.9 Å². The molecule has 0 radical (unpaired) electrons. The first kappa shape index (κ1) is 15.2. The fraction of sp³-hybridized carbons (Fsp3) is 0.700. The summed E-state index contributed by atoms with van der Waals surface area (Å²) in [5, 5.41) is 10.8. The van der Waals surface area contributed by atoms with Crippen molar-refractivity contribution >= 4 is 17.8 Å². The highest BCUT2D eigenvalue weighted by molar-refractivity contribution is 5.90. The Morgan fingerprint density at radius 1 is 1.58 bits per heavy atom. The minimum absolute atomic E-state index is 0.213. The molecule has 1 aliphatic rings. The normalized spacial score (nSPS) is 23.8. The third-order valence-electron chi connectivity index (χ3n) is 3.15. The molecule has 0 aromatic carbocycles. The summed E-state index contributed by atoms with van der Waals surface area (Å²) in [5.41, 5.74) is 10.4. The zero-order chi connectivity index (χ0) is 14.6. The number of rotatable bonds is 5. The molecule has 2 amide bonds. The molecule has 1 rings (SSSR count). The molecule has 19 heavy (non-hydrogen) atoms. The third-order valence-corrected chi connectivity index (χ3v) is 3.15. The molecule has 2 atom stereocenters. The largest absolute Gasteiger partial charge is 0.369 e. The minimum atomic E-state index is -0.642. The summed E-state index contributed by atoms with van der Waals surface area (Å²) in [6.07, 6.45) is 1.18. The molecule has 9 nitrogen and oxygen atoms in total. The van der Waals surface area contributed by atoms with Crippen LogP contribution in [0.25, 0.3) is 0 Å². The van der Waals surface area contributed by atoms with E-state index < -0.39 is 11.9 Å². The molecule has 0 saturated carbocycles. The number of carbonyl (C=O) groups excluding carboxylic acids is 2.